The zero-order valence-corrected chi connectivity index (χ0v) is 13.2. The monoisotopic (exact) mass is 312 g/mol. The Morgan fingerprint density at radius 1 is 1.26 bits per heavy atom. The Morgan fingerprint density at radius 3 is 2.42 bits per heavy atom. The molecular weight excluding hydrogens is 291 g/mol. The third kappa shape index (κ3) is 5.06. The number of phosphoric ester groups is 1. The summed E-state index contributed by atoms with van der Waals surface area (Å²) in [5, 5.41) is 0. The first-order valence-corrected chi connectivity index (χ1v) is 8.57. The number of rotatable bonds is 9. The summed E-state index contributed by atoms with van der Waals surface area (Å²) < 4.78 is 31.5. The van der Waals surface area contributed by atoms with E-state index < -0.39 is 7.82 Å². The van der Waals surface area contributed by atoms with E-state index in [-0.39, 0.29) is 31.9 Å². The number of hydrogen-bond acceptors (Lipinski definition) is 7. The van der Waals surface area contributed by atoms with Crippen molar-refractivity contribution in [1.82, 2.24) is 9.03 Å². The van der Waals surface area contributed by atoms with Gasteiger partial charge in [-0.3, -0.25) is 18.4 Å². The Balaban J connectivity index is 2.47. The lowest BCUT2D eigenvalue weighted by molar-refractivity contribution is -0.128. The minimum Gasteiger partial charge on any atom is -0.287 e. The maximum atomic E-state index is 12.0. The average Bonchev–Trinajstić information content (AvgIpc) is 2.70. The fourth-order valence-electron chi connectivity index (χ4n) is 1.51. The average molecular weight is 312 g/mol. The van der Waals surface area contributed by atoms with Crippen molar-refractivity contribution in [2.75, 3.05) is 19.9 Å². The van der Waals surface area contributed by atoms with Gasteiger partial charge in [-0.2, -0.15) is 0 Å². The molecule has 7 nitrogen and oxygen atoms in total. The maximum absolute atomic E-state index is 12.0. The van der Waals surface area contributed by atoms with E-state index in [1.54, 1.807) is 13.8 Å². The number of phosphoric acid groups is 1. The summed E-state index contributed by atoms with van der Waals surface area (Å²) >= 11 is 1.15. The molecule has 0 aliphatic carbocycles. The lowest BCUT2D eigenvalue weighted by atomic mass is 10.2. The fraction of sp³-hybridized carbons (Fsp3) is 0.900. The highest BCUT2D eigenvalue weighted by atomic mass is 32.2. The number of amides is 1. The van der Waals surface area contributed by atoms with E-state index in [1.165, 1.54) is 4.31 Å². The third-order valence-corrected chi connectivity index (χ3v) is 4.81. The molecule has 1 fully saturated rings. The zero-order valence-electron chi connectivity index (χ0n) is 11.5. The Kier molecular flexibility index (Phi) is 7.35. The molecule has 0 spiro atoms. The molecule has 1 atom stereocenters. The largest absolute Gasteiger partial charge is 0.476 e. The van der Waals surface area contributed by atoms with Crippen molar-refractivity contribution < 1.29 is 22.9 Å². The normalized spacial score (nSPS) is 20.3. The van der Waals surface area contributed by atoms with Crippen molar-refractivity contribution in [2.24, 2.45) is 0 Å². The van der Waals surface area contributed by atoms with Crippen LogP contribution in [0.4, 0.5) is 0 Å². The molecule has 0 radical (unpaired) electrons. The van der Waals surface area contributed by atoms with Crippen LogP contribution >= 0.6 is 20.0 Å². The van der Waals surface area contributed by atoms with E-state index in [9.17, 15) is 9.36 Å². The van der Waals surface area contributed by atoms with Crippen LogP contribution in [-0.2, 0) is 22.9 Å². The number of hydrogen-bond donors (Lipinski definition) is 1. The van der Waals surface area contributed by atoms with Gasteiger partial charge in [-0.1, -0.05) is 13.3 Å². The van der Waals surface area contributed by atoms with E-state index in [2.05, 4.69) is 4.72 Å². The first-order valence-electron chi connectivity index (χ1n) is 6.33. The van der Waals surface area contributed by atoms with Crippen LogP contribution in [0, 0.1) is 0 Å². The van der Waals surface area contributed by atoms with Gasteiger partial charge in [0, 0.05) is 12.1 Å². The highest BCUT2D eigenvalue weighted by Crippen LogP contribution is 2.49. The highest BCUT2D eigenvalue weighted by Gasteiger charge is 2.34. The fourth-order valence-corrected chi connectivity index (χ4v) is 3.50. The van der Waals surface area contributed by atoms with E-state index in [0.29, 0.717) is 0 Å². The van der Waals surface area contributed by atoms with Crippen molar-refractivity contribution in [1.29, 1.82) is 0 Å². The van der Waals surface area contributed by atoms with Crippen molar-refractivity contribution >= 4 is 25.9 Å². The highest BCUT2D eigenvalue weighted by molar-refractivity contribution is 7.96. The summed E-state index contributed by atoms with van der Waals surface area (Å²) in [7, 11) is -3.57. The molecule has 1 unspecified atom stereocenters. The molecule has 1 amide bonds. The van der Waals surface area contributed by atoms with Gasteiger partial charge in [-0.15, -0.1) is 0 Å². The summed E-state index contributed by atoms with van der Waals surface area (Å²) in [6, 6.07) is -0.211. The molecule has 0 bridgehead atoms. The predicted molar refractivity (Wildman–Crippen MR) is 73.1 cm³/mol. The minimum atomic E-state index is -3.57. The van der Waals surface area contributed by atoms with Crippen molar-refractivity contribution in [2.45, 2.75) is 39.7 Å². The predicted octanol–water partition coefficient (Wildman–Crippen LogP) is 2.31. The van der Waals surface area contributed by atoms with Gasteiger partial charge in [-0.25, -0.2) is 13.6 Å². The van der Waals surface area contributed by atoms with Gasteiger partial charge in [0.15, 0.2) is 0 Å². The van der Waals surface area contributed by atoms with Gasteiger partial charge in [0.2, 0.25) is 0 Å². The number of carbonyl (C=O) groups excluding carboxylic acids is 1. The number of nitrogens with zero attached hydrogens (tertiary/aromatic N) is 1. The van der Waals surface area contributed by atoms with Gasteiger partial charge in [0.1, 0.15) is 6.73 Å². The molecule has 1 heterocycles. The summed E-state index contributed by atoms with van der Waals surface area (Å²) in [6.07, 6.45) is 1.67. The number of nitrogens with one attached hydrogen (secondary N) is 1. The smallest absolute Gasteiger partial charge is 0.287 e. The van der Waals surface area contributed by atoms with E-state index in [1.807, 2.05) is 6.92 Å². The lowest BCUT2D eigenvalue weighted by Gasteiger charge is -2.19. The second-order valence-electron chi connectivity index (χ2n) is 3.81. The van der Waals surface area contributed by atoms with Crippen LogP contribution in [0.15, 0.2) is 0 Å². The first-order chi connectivity index (χ1) is 9.06. The van der Waals surface area contributed by atoms with Crippen LogP contribution in [0.5, 0.6) is 0 Å². The standard InChI is InChI=1S/C10H21N2O5PS/c1-4-7-9-10(13)12(19-11-9)8-17-18(14,15-5-2)16-6-3/h9,11H,4-8H2,1-3H3. The topological polar surface area (TPSA) is 77.1 Å². The molecule has 0 aromatic heterocycles. The Bertz CT molecular complexity index is 334. The lowest BCUT2D eigenvalue weighted by Crippen LogP contribution is -2.31. The van der Waals surface area contributed by atoms with Crippen LogP contribution < -0.4 is 4.72 Å². The molecule has 112 valence electrons. The first kappa shape index (κ1) is 16.9. The minimum absolute atomic E-state index is 0.0774. The molecule has 0 saturated carbocycles. The van der Waals surface area contributed by atoms with Crippen LogP contribution in [0.2, 0.25) is 0 Å². The molecular formula is C10H21N2O5PS. The molecule has 1 N–H and O–H groups in total. The maximum Gasteiger partial charge on any atom is 0.476 e. The van der Waals surface area contributed by atoms with E-state index >= 15 is 0 Å². The Labute approximate surface area is 118 Å². The van der Waals surface area contributed by atoms with Crippen LogP contribution in [0.25, 0.3) is 0 Å². The summed E-state index contributed by atoms with van der Waals surface area (Å²) in [6.45, 7) is 5.71. The third-order valence-electron chi connectivity index (χ3n) is 2.33. The van der Waals surface area contributed by atoms with Crippen LogP contribution in [-0.4, -0.2) is 36.2 Å². The second kappa shape index (κ2) is 8.24. The molecule has 1 rings (SSSR count). The van der Waals surface area contributed by atoms with Gasteiger partial charge in [0.25, 0.3) is 5.91 Å². The van der Waals surface area contributed by atoms with Crippen LogP contribution in [0.1, 0.15) is 33.6 Å². The number of carbonyl (C=O) groups is 1. The molecule has 0 aromatic carbocycles. The van der Waals surface area contributed by atoms with Gasteiger partial charge < -0.3 is 0 Å². The van der Waals surface area contributed by atoms with E-state index in [4.69, 9.17) is 13.6 Å². The SMILES string of the molecule is CCCC1NSN(COP(=O)(OCC)OCC)C1=O. The van der Waals surface area contributed by atoms with Gasteiger partial charge >= 0.3 is 7.82 Å². The molecule has 19 heavy (non-hydrogen) atoms. The molecule has 1 aliphatic heterocycles. The van der Waals surface area contributed by atoms with Gasteiger partial charge in [0.05, 0.1) is 19.3 Å². The molecule has 0 aromatic rings. The van der Waals surface area contributed by atoms with Crippen molar-refractivity contribution in [3.63, 3.8) is 0 Å². The van der Waals surface area contributed by atoms with Gasteiger partial charge in [-0.05, 0) is 20.3 Å². The van der Waals surface area contributed by atoms with Crippen molar-refractivity contribution in [3.05, 3.63) is 0 Å². The Hall–Kier alpha value is -0.110. The summed E-state index contributed by atoms with van der Waals surface area (Å²) in [5.74, 6) is -0.0774. The Morgan fingerprint density at radius 2 is 1.89 bits per heavy atom. The molecule has 1 aliphatic rings. The summed E-state index contributed by atoms with van der Waals surface area (Å²) in [4.78, 5) is 11.9. The van der Waals surface area contributed by atoms with Crippen molar-refractivity contribution in [3.8, 4) is 0 Å². The summed E-state index contributed by atoms with van der Waals surface area (Å²) in [5.41, 5.74) is 0. The second-order valence-corrected chi connectivity index (χ2v) is 6.34. The molecule has 1 saturated heterocycles. The van der Waals surface area contributed by atoms with Crippen LogP contribution in [0.3, 0.4) is 0 Å². The zero-order chi connectivity index (χ0) is 14.3. The quantitative estimate of drug-likeness (QED) is 0.517. The molecule has 9 heteroatoms. The van der Waals surface area contributed by atoms with E-state index in [0.717, 1.165) is 25.0 Å².